The minimum Gasteiger partial charge on any atom is -0.496 e. The van der Waals surface area contributed by atoms with E-state index in [1.165, 1.54) is 13.2 Å². The average Bonchev–Trinajstić information content (AvgIpc) is 2.27. The number of carbonyl (C=O) groups excluding carboxylic acids is 1. The number of carbonyl (C=O) groups is 2. The molecule has 1 rings (SSSR count). The molecular weight excluding hydrogens is 311 g/mol. The van der Waals surface area contributed by atoms with Crippen molar-refractivity contribution in [2.45, 2.75) is 11.2 Å². The Labute approximate surface area is 112 Å². The quantitative estimate of drug-likeness (QED) is 0.669. The highest BCUT2D eigenvalue weighted by molar-refractivity contribution is 9.10. The zero-order valence-electron chi connectivity index (χ0n) is 8.94. The van der Waals surface area contributed by atoms with E-state index in [9.17, 15) is 9.59 Å². The van der Waals surface area contributed by atoms with Gasteiger partial charge >= 0.3 is 5.97 Å². The zero-order valence-corrected chi connectivity index (χ0v) is 11.3. The third kappa shape index (κ3) is 3.71. The molecule has 6 heteroatoms. The molecule has 1 aromatic rings. The molecule has 17 heavy (non-hydrogen) atoms. The first-order valence-electron chi connectivity index (χ1n) is 4.69. The number of hydrogen-bond acceptors (Lipinski definition) is 3. The number of benzene rings is 1. The van der Waals surface area contributed by atoms with E-state index in [-0.39, 0.29) is 17.8 Å². The Morgan fingerprint density at radius 3 is 2.71 bits per heavy atom. The minimum absolute atomic E-state index is 0.267. The summed E-state index contributed by atoms with van der Waals surface area (Å²) >= 11 is 8.83. The Kier molecular flexibility index (Phi) is 4.96. The van der Waals surface area contributed by atoms with Crippen LogP contribution < -0.4 is 4.74 Å². The van der Waals surface area contributed by atoms with Crippen LogP contribution in [-0.2, 0) is 4.79 Å². The highest BCUT2D eigenvalue weighted by atomic mass is 79.9. The number of methoxy groups -OCH3 is 1. The summed E-state index contributed by atoms with van der Waals surface area (Å²) in [7, 11) is 1.43. The number of aliphatic carboxylic acids is 1. The molecule has 0 amide bonds. The molecule has 4 nitrogen and oxygen atoms in total. The van der Waals surface area contributed by atoms with Crippen LogP contribution >= 0.6 is 27.5 Å². The second-order valence-corrected chi connectivity index (χ2v) is 4.82. The van der Waals surface area contributed by atoms with Gasteiger partial charge in [-0.3, -0.25) is 9.59 Å². The van der Waals surface area contributed by atoms with Gasteiger partial charge in [-0.15, -0.1) is 0 Å². The molecule has 0 saturated heterocycles. The van der Waals surface area contributed by atoms with Gasteiger partial charge in [-0.2, -0.15) is 0 Å². The fourth-order valence-electron chi connectivity index (χ4n) is 1.29. The number of halogens is 2. The molecule has 1 aromatic carbocycles. The molecular formula is C11H10BrClO4. The standard InChI is InChI=1S/C11H10BrClO4/c1-17-9-3-2-6(13)4-7(9)11(16)8(12)5-10(14)15/h2-4,8H,5H2,1H3,(H,14,15). The zero-order chi connectivity index (χ0) is 13.0. The fourth-order valence-corrected chi connectivity index (χ4v) is 1.98. The summed E-state index contributed by atoms with van der Waals surface area (Å²) in [6.45, 7) is 0. The molecule has 1 N–H and O–H groups in total. The van der Waals surface area contributed by atoms with Crippen LogP contribution in [0.15, 0.2) is 18.2 Å². The Morgan fingerprint density at radius 2 is 2.18 bits per heavy atom. The summed E-state index contributed by atoms with van der Waals surface area (Å²) < 4.78 is 5.03. The minimum atomic E-state index is -1.05. The van der Waals surface area contributed by atoms with E-state index in [0.717, 1.165) is 0 Å². The first kappa shape index (κ1) is 14.0. The van der Waals surface area contributed by atoms with Crippen LogP contribution in [0.1, 0.15) is 16.8 Å². The topological polar surface area (TPSA) is 63.6 Å². The van der Waals surface area contributed by atoms with E-state index in [0.29, 0.717) is 10.8 Å². The molecule has 0 fully saturated rings. The van der Waals surface area contributed by atoms with Crippen LogP contribution in [-0.4, -0.2) is 28.8 Å². The summed E-state index contributed by atoms with van der Waals surface area (Å²) in [6.07, 6.45) is -0.297. The maximum atomic E-state index is 12.0. The first-order chi connectivity index (χ1) is 7.95. The third-order valence-corrected chi connectivity index (χ3v) is 3.04. The number of ether oxygens (including phenoxy) is 1. The van der Waals surface area contributed by atoms with Crippen LogP contribution in [0.3, 0.4) is 0 Å². The van der Waals surface area contributed by atoms with Crippen molar-refractivity contribution >= 4 is 39.3 Å². The Bertz CT molecular complexity index is 447. The molecule has 0 heterocycles. The predicted octanol–water partition coefficient (Wildman–Crippen LogP) is 2.77. The van der Waals surface area contributed by atoms with Crippen molar-refractivity contribution in [1.82, 2.24) is 0 Å². The lowest BCUT2D eigenvalue weighted by Crippen LogP contribution is -2.18. The first-order valence-corrected chi connectivity index (χ1v) is 5.98. The van der Waals surface area contributed by atoms with Gasteiger partial charge in [-0.05, 0) is 18.2 Å². The number of hydrogen-bond donors (Lipinski definition) is 1. The summed E-state index contributed by atoms with van der Waals surface area (Å²) in [6, 6.07) is 4.62. The van der Waals surface area contributed by atoms with E-state index in [1.54, 1.807) is 12.1 Å². The molecule has 0 aliphatic rings. The van der Waals surface area contributed by atoms with E-state index < -0.39 is 10.8 Å². The normalized spacial score (nSPS) is 11.9. The summed E-state index contributed by atoms with van der Waals surface area (Å²) in [5, 5.41) is 9.01. The molecule has 0 aromatic heterocycles. The van der Waals surface area contributed by atoms with Gasteiger partial charge in [0, 0.05) is 5.02 Å². The van der Waals surface area contributed by atoms with Gasteiger partial charge in [-0.25, -0.2) is 0 Å². The molecule has 1 atom stereocenters. The van der Waals surface area contributed by atoms with Crippen molar-refractivity contribution < 1.29 is 19.4 Å². The summed E-state index contributed by atoms with van der Waals surface area (Å²) in [4.78, 5) is 21.7. The van der Waals surface area contributed by atoms with Crippen molar-refractivity contribution in [2.75, 3.05) is 7.11 Å². The second kappa shape index (κ2) is 6.02. The molecule has 0 saturated carbocycles. The molecule has 0 radical (unpaired) electrons. The van der Waals surface area contributed by atoms with Crippen molar-refractivity contribution in [3.8, 4) is 5.75 Å². The van der Waals surface area contributed by atoms with Gasteiger partial charge in [0.05, 0.1) is 23.9 Å². The summed E-state index contributed by atoms with van der Waals surface area (Å²) in [5.41, 5.74) is 0.267. The van der Waals surface area contributed by atoms with Crippen LogP contribution in [0.25, 0.3) is 0 Å². The van der Waals surface area contributed by atoms with E-state index >= 15 is 0 Å². The molecule has 1 unspecified atom stereocenters. The maximum absolute atomic E-state index is 12.0. The van der Waals surface area contributed by atoms with E-state index in [1.807, 2.05) is 0 Å². The SMILES string of the molecule is COc1ccc(Cl)cc1C(=O)C(Br)CC(=O)O. The van der Waals surface area contributed by atoms with Gasteiger partial charge in [-0.1, -0.05) is 27.5 Å². The Morgan fingerprint density at radius 1 is 1.53 bits per heavy atom. The van der Waals surface area contributed by atoms with E-state index in [4.69, 9.17) is 21.4 Å². The van der Waals surface area contributed by atoms with Crippen LogP contribution in [0.5, 0.6) is 5.75 Å². The highest BCUT2D eigenvalue weighted by Crippen LogP contribution is 2.26. The van der Waals surface area contributed by atoms with Gasteiger partial charge in [0.1, 0.15) is 5.75 Å². The highest BCUT2D eigenvalue weighted by Gasteiger charge is 2.23. The van der Waals surface area contributed by atoms with Crippen LogP contribution in [0.4, 0.5) is 0 Å². The fraction of sp³-hybridized carbons (Fsp3) is 0.273. The molecule has 0 aliphatic carbocycles. The van der Waals surface area contributed by atoms with Crippen molar-refractivity contribution in [1.29, 1.82) is 0 Å². The van der Waals surface area contributed by atoms with E-state index in [2.05, 4.69) is 15.9 Å². The van der Waals surface area contributed by atoms with Crippen molar-refractivity contribution in [2.24, 2.45) is 0 Å². The number of carboxylic acid groups (broad SMARTS) is 1. The molecule has 0 spiro atoms. The van der Waals surface area contributed by atoms with Gasteiger partial charge in [0.25, 0.3) is 0 Å². The Hall–Kier alpha value is -1.07. The maximum Gasteiger partial charge on any atom is 0.304 e. The lowest BCUT2D eigenvalue weighted by atomic mass is 10.1. The molecule has 0 bridgehead atoms. The smallest absolute Gasteiger partial charge is 0.304 e. The van der Waals surface area contributed by atoms with Crippen molar-refractivity contribution in [3.63, 3.8) is 0 Å². The van der Waals surface area contributed by atoms with Gasteiger partial charge in [0.2, 0.25) is 0 Å². The monoisotopic (exact) mass is 320 g/mol. The largest absolute Gasteiger partial charge is 0.496 e. The third-order valence-electron chi connectivity index (χ3n) is 2.07. The second-order valence-electron chi connectivity index (χ2n) is 3.27. The van der Waals surface area contributed by atoms with Crippen molar-refractivity contribution in [3.05, 3.63) is 28.8 Å². The van der Waals surface area contributed by atoms with Crippen LogP contribution in [0, 0.1) is 0 Å². The lowest BCUT2D eigenvalue weighted by molar-refractivity contribution is -0.136. The Balaban J connectivity index is 3.02. The summed E-state index contributed by atoms with van der Waals surface area (Å²) in [5.74, 6) is -1.05. The predicted molar refractivity (Wildman–Crippen MR) is 67.3 cm³/mol. The number of alkyl halides is 1. The number of carboxylic acids is 1. The number of rotatable bonds is 5. The molecule has 0 aliphatic heterocycles. The number of Topliss-reactive ketones (excluding diaryl/α,β-unsaturated/α-hetero) is 1. The number of ketones is 1. The van der Waals surface area contributed by atoms with Gasteiger partial charge < -0.3 is 9.84 Å². The lowest BCUT2D eigenvalue weighted by Gasteiger charge is -2.10. The molecule has 92 valence electrons. The van der Waals surface area contributed by atoms with Crippen LogP contribution in [0.2, 0.25) is 5.02 Å². The average molecular weight is 322 g/mol. The van der Waals surface area contributed by atoms with Gasteiger partial charge in [0.15, 0.2) is 5.78 Å².